The number of carbonyl (C=O) groups is 1. The monoisotopic (exact) mass is 259 g/mol. The fraction of sp³-hybridized carbons (Fsp3) is 0.438. The van der Waals surface area contributed by atoms with Crippen LogP contribution in [0.1, 0.15) is 43.6 Å². The third-order valence-electron chi connectivity index (χ3n) is 3.28. The van der Waals surface area contributed by atoms with Crippen molar-refractivity contribution in [2.24, 2.45) is 0 Å². The molecule has 0 atom stereocenters. The number of para-hydroxylation sites is 1. The van der Waals surface area contributed by atoms with Gasteiger partial charge in [0.1, 0.15) is 5.69 Å². The number of ether oxygens (including phenoxy) is 1. The Bertz CT molecular complexity index is 557. The third-order valence-corrected chi connectivity index (χ3v) is 3.28. The fourth-order valence-corrected chi connectivity index (χ4v) is 2.35. The Hall–Kier alpha value is -1.77. The van der Waals surface area contributed by atoms with Gasteiger partial charge in [0, 0.05) is 17.4 Å². The van der Waals surface area contributed by atoms with Crippen molar-refractivity contribution in [3.8, 4) is 0 Å². The van der Waals surface area contributed by atoms with Gasteiger partial charge in [-0.2, -0.15) is 0 Å². The van der Waals surface area contributed by atoms with Crippen LogP contribution >= 0.6 is 0 Å². The minimum atomic E-state index is -0.227. The molecule has 3 nitrogen and oxygen atoms in total. The summed E-state index contributed by atoms with van der Waals surface area (Å²) in [4.78, 5) is 12.0. The largest absolute Gasteiger partial charge is 0.461 e. The molecular weight excluding hydrogens is 238 g/mol. The summed E-state index contributed by atoms with van der Waals surface area (Å²) in [6.45, 7) is 5.30. The molecule has 0 unspecified atom stereocenters. The second-order valence-electron chi connectivity index (χ2n) is 4.67. The quantitative estimate of drug-likeness (QED) is 0.580. The number of benzene rings is 1. The topological polar surface area (TPSA) is 31.2 Å². The first-order valence-corrected chi connectivity index (χ1v) is 7.03. The van der Waals surface area contributed by atoms with Crippen LogP contribution in [0.2, 0.25) is 0 Å². The predicted molar refractivity (Wildman–Crippen MR) is 77.4 cm³/mol. The molecule has 0 aliphatic carbocycles. The van der Waals surface area contributed by atoms with Gasteiger partial charge in [-0.25, -0.2) is 4.79 Å². The number of hydrogen-bond donors (Lipinski definition) is 0. The summed E-state index contributed by atoms with van der Waals surface area (Å²) in [5, 5.41) is 1.10. The van der Waals surface area contributed by atoms with Gasteiger partial charge < -0.3 is 9.30 Å². The van der Waals surface area contributed by atoms with Crippen molar-refractivity contribution < 1.29 is 9.53 Å². The molecule has 2 rings (SSSR count). The van der Waals surface area contributed by atoms with Gasteiger partial charge in [-0.05, 0) is 25.5 Å². The molecule has 1 heterocycles. The van der Waals surface area contributed by atoms with E-state index >= 15 is 0 Å². The summed E-state index contributed by atoms with van der Waals surface area (Å²) in [7, 11) is 0. The zero-order chi connectivity index (χ0) is 13.7. The first-order chi connectivity index (χ1) is 9.27. The van der Waals surface area contributed by atoms with E-state index in [1.807, 2.05) is 31.2 Å². The molecule has 19 heavy (non-hydrogen) atoms. The normalized spacial score (nSPS) is 10.8. The lowest BCUT2D eigenvalue weighted by Gasteiger charge is -2.09. The Kier molecular flexibility index (Phi) is 4.61. The second-order valence-corrected chi connectivity index (χ2v) is 4.67. The van der Waals surface area contributed by atoms with E-state index in [0.717, 1.165) is 23.9 Å². The molecule has 0 saturated carbocycles. The van der Waals surface area contributed by atoms with Crippen molar-refractivity contribution in [1.82, 2.24) is 4.57 Å². The highest BCUT2D eigenvalue weighted by atomic mass is 16.5. The van der Waals surface area contributed by atoms with E-state index in [-0.39, 0.29) is 5.97 Å². The van der Waals surface area contributed by atoms with Gasteiger partial charge in [-0.3, -0.25) is 0 Å². The molecule has 0 N–H and O–H groups in total. The minimum Gasteiger partial charge on any atom is -0.461 e. The molecule has 0 aliphatic heterocycles. The lowest BCUT2D eigenvalue weighted by atomic mass is 10.2. The molecule has 1 aromatic carbocycles. The summed E-state index contributed by atoms with van der Waals surface area (Å²) in [5.41, 5.74) is 1.78. The molecule has 3 heteroatoms. The number of hydrogen-bond acceptors (Lipinski definition) is 2. The Morgan fingerprint density at radius 1 is 1.21 bits per heavy atom. The van der Waals surface area contributed by atoms with Crippen LogP contribution in [0.25, 0.3) is 10.9 Å². The summed E-state index contributed by atoms with van der Waals surface area (Å²) in [5.74, 6) is -0.227. The smallest absolute Gasteiger partial charge is 0.354 e. The van der Waals surface area contributed by atoms with Gasteiger partial charge >= 0.3 is 5.97 Å². The van der Waals surface area contributed by atoms with E-state index in [2.05, 4.69) is 17.6 Å². The average molecular weight is 259 g/mol. The Morgan fingerprint density at radius 2 is 2.00 bits per heavy atom. The predicted octanol–water partition coefficient (Wildman–Crippen LogP) is 4.01. The number of carbonyl (C=O) groups excluding carboxylic acids is 1. The van der Waals surface area contributed by atoms with Crippen LogP contribution in [-0.2, 0) is 11.3 Å². The van der Waals surface area contributed by atoms with Crippen LogP contribution in [0.4, 0.5) is 0 Å². The summed E-state index contributed by atoms with van der Waals surface area (Å²) in [6.07, 6.45) is 3.43. The van der Waals surface area contributed by atoms with E-state index in [1.165, 1.54) is 12.8 Å². The van der Waals surface area contributed by atoms with E-state index in [0.29, 0.717) is 12.3 Å². The maximum Gasteiger partial charge on any atom is 0.354 e. The number of rotatable bonds is 6. The first-order valence-electron chi connectivity index (χ1n) is 7.03. The van der Waals surface area contributed by atoms with Crippen LogP contribution in [0, 0.1) is 0 Å². The van der Waals surface area contributed by atoms with Gasteiger partial charge in [0.25, 0.3) is 0 Å². The van der Waals surface area contributed by atoms with E-state index in [4.69, 9.17) is 4.74 Å². The lowest BCUT2D eigenvalue weighted by Crippen LogP contribution is -2.12. The Morgan fingerprint density at radius 3 is 2.74 bits per heavy atom. The lowest BCUT2D eigenvalue weighted by molar-refractivity contribution is 0.0514. The molecule has 0 bridgehead atoms. The van der Waals surface area contributed by atoms with Gasteiger partial charge in [-0.15, -0.1) is 0 Å². The molecule has 0 radical (unpaired) electrons. The number of fused-ring (bicyclic) bond motifs is 1. The molecule has 1 aromatic heterocycles. The molecule has 0 aliphatic rings. The van der Waals surface area contributed by atoms with Gasteiger partial charge in [0.2, 0.25) is 0 Å². The molecule has 102 valence electrons. The van der Waals surface area contributed by atoms with Crippen LogP contribution < -0.4 is 0 Å². The number of aryl methyl sites for hydroxylation is 1. The van der Waals surface area contributed by atoms with Crippen LogP contribution in [-0.4, -0.2) is 17.1 Å². The number of esters is 1. The summed E-state index contributed by atoms with van der Waals surface area (Å²) >= 11 is 0. The van der Waals surface area contributed by atoms with Crippen LogP contribution in [0.15, 0.2) is 30.3 Å². The minimum absolute atomic E-state index is 0.227. The van der Waals surface area contributed by atoms with Crippen molar-refractivity contribution in [2.75, 3.05) is 6.61 Å². The number of unbranched alkanes of at least 4 members (excludes halogenated alkanes) is 2. The number of aromatic nitrogens is 1. The first kappa shape index (κ1) is 13.7. The van der Waals surface area contributed by atoms with Crippen LogP contribution in [0.5, 0.6) is 0 Å². The van der Waals surface area contributed by atoms with Crippen molar-refractivity contribution >= 4 is 16.9 Å². The van der Waals surface area contributed by atoms with Crippen LogP contribution in [0.3, 0.4) is 0 Å². The van der Waals surface area contributed by atoms with Crippen molar-refractivity contribution in [3.05, 3.63) is 36.0 Å². The summed E-state index contributed by atoms with van der Waals surface area (Å²) < 4.78 is 7.23. The average Bonchev–Trinajstić information content (AvgIpc) is 2.79. The van der Waals surface area contributed by atoms with E-state index in [9.17, 15) is 4.79 Å². The highest BCUT2D eigenvalue weighted by molar-refractivity contribution is 5.95. The molecule has 0 spiro atoms. The number of nitrogens with zero attached hydrogens (tertiary/aromatic N) is 1. The van der Waals surface area contributed by atoms with Crippen molar-refractivity contribution in [1.29, 1.82) is 0 Å². The highest BCUT2D eigenvalue weighted by Gasteiger charge is 2.15. The highest BCUT2D eigenvalue weighted by Crippen LogP contribution is 2.21. The molecule has 0 amide bonds. The standard InChI is InChI=1S/C16H21NO2/c1-3-5-8-11-17-14-10-7-6-9-13(14)12-15(17)16(18)19-4-2/h6-7,9-10,12H,3-5,8,11H2,1-2H3. The molecule has 0 fully saturated rings. The second kappa shape index (κ2) is 6.41. The molecular formula is C16H21NO2. The SMILES string of the molecule is CCCCCn1c(C(=O)OCC)cc2ccccc21. The Balaban J connectivity index is 2.37. The third kappa shape index (κ3) is 2.98. The molecule has 2 aromatic rings. The Labute approximate surface area is 114 Å². The zero-order valence-electron chi connectivity index (χ0n) is 11.7. The summed E-state index contributed by atoms with van der Waals surface area (Å²) in [6, 6.07) is 10.0. The molecule has 0 saturated heterocycles. The zero-order valence-corrected chi connectivity index (χ0v) is 11.7. The maximum atomic E-state index is 12.0. The fourth-order valence-electron chi connectivity index (χ4n) is 2.35. The van der Waals surface area contributed by atoms with E-state index < -0.39 is 0 Å². The van der Waals surface area contributed by atoms with Gasteiger partial charge in [-0.1, -0.05) is 38.0 Å². The van der Waals surface area contributed by atoms with Crippen molar-refractivity contribution in [2.45, 2.75) is 39.7 Å². The van der Waals surface area contributed by atoms with Gasteiger partial charge in [0.15, 0.2) is 0 Å². The van der Waals surface area contributed by atoms with E-state index in [1.54, 1.807) is 0 Å². The van der Waals surface area contributed by atoms with Gasteiger partial charge in [0.05, 0.1) is 6.61 Å². The maximum absolute atomic E-state index is 12.0. The van der Waals surface area contributed by atoms with Crippen molar-refractivity contribution in [3.63, 3.8) is 0 Å².